The summed E-state index contributed by atoms with van der Waals surface area (Å²) in [5.74, 6) is 1.13. The van der Waals surface area contributed by atoms with E-state index in [1.165, 1.54) is 0 Å². The van der Waals surface area contributed by atoms with Crippen LogP contribution in [0, 0.1) is 19.8 Å². The minimum atomic E-state index is 0.0119. The summed E-state index contributed by atoms with van der Waals surface area (Å²) in [4.78, 5) is 15.2. The van der Waals surface area contributed by atoms with Gasteiger partial charge in [0.15, 0.2) is 5.76 Å². The molecule has 0 spiro atoms. The number of likely N-dealkylation sites (tertiary alicyclic amines) is 1. The summed E-state index contributed by atoms with van der Waals surface area (Å²) in [5.41, 5.74) is 3.82. The maximum Gasteiger partial charge on any atom is 0.226 e. The van der Waals surface area contributed by atoms with Gasteiger partial charge in [-0.1, -0.05) is 19.0 Å². The van der Waals surface area contributed by atoms with Crippen LogP contribution in [-0.4, -0.2) is 32.3 Å². The van der Waals surface area contributed by atoms with Gasteiger partial charge in [0.25, 0.3) is 0 Å². The summed E-state index contributed by atoms with van der Waals surface area (Å²) >= 11 is 0. The molecular weight excluding hydrogens is 328 g/mol. The molecule has 0 unspecified atom stereocenters. The molecule has 3 rings (SSSR count). The molecule has 3 heterocycles. The van der Waals surface area contributed by atoms with E-state index in [0.717, 1.165) is 66.9 Å². The summed E-state index contributed by atoms with van der Waals surface area (Å²) in [6.07, 6.45) is 6.87. The Labute approximate surface area is 155 Å². The van der Waals surface area contributed by atoms with Gasteiger partial charge in [-0.05, 0) is 46.0 Å². The Balaban J connectivity index is 2.01. The number of piperidine rings is 1. The lowest BCUT2D eigenvalue weighted by molar-refractivity contribution is -0.139. The number of carbonyl (C=O) groups is 1. The number of amides is 1. The van der Waals surface area contributed by atoms with Gasteiger partial charge in [-0.15, -0.1) is 0 Å². The van der Waals surface area contributed by atoms with E-state index >= 15 is 0 Å². The highest BCUT2D eigenvalue weighted by Gasteiger charge is 2.35. The number of rotatable bonds is 5. The Morgan fingerprint density at radius 2 is 2.04 bits per heavy atom. The summed E-state index contributed by atoms with van der Waals surface area (Å²) in [6.45, 7) is 8.97. The van der Waals surface area contributed by atoms with Crippen molar-refractivity contribution in [3.8, 4) is 11.3 Å². The van der Waals surface area contributed by atoms with Crippen molar-refractivity contribution >= 4 is 5.91 Å². The quantitative estimate of drug-likeness (QED) is 0.804. The molecule has 1 aliphatic heterocycles. The minimum Gasteiger partial charge on any atom is -0.356 e. The Kier molecular flexibility index (Phi) is 5.49. The second-order valence-corrected chi connectivity index (χ2v) is 7.38. The highest BCUT2D eigenvalue weighted by atomic mass is 16.5. The van der Waals surface area contributed by atoms with E-state index in [9.17, 15) is 4.79 Å². The van der Waals surface area contributed by atoms with Crippen molar-refractivity contribution in [2.24, 2.45) is 13.0 Å². The van der Waals surface area contributed by atoms with E-state index in [4.69, 9.17) is 9.62 Å². The van der Waals surface area contributed by atoms with Gasteiger partial charge < -0.3 is 9.42 Å². The van der Waals surface area contributed by atoms with Crippen LogP contribution in [0.4, 0.5) is 0 Å². The average Bonchev–Trinajstić information content (AvgIpc) is 3.18. The van der Waals surface area contributed by atoms with Gasteiger partial charge in [-0.25, -0.2) is 0 Å². The third kappa shape index (κ3) is 3.29. The van der Waals surface area contributed by atoms with Crippen molar-refractivity contribution in [1.29, 1.82) is 0 Å². The smallest absolute Gasteiger partial charge is 0.226 e. The van der Waals surface area contributed by atoms with Gasteiger partial charge >= 0.3 is 0 Å². The first-order chi connectivity index (χ1) is 12.5. The molecule has 2 aromatic rings. The largest absolute Gasteiger partial charge is 0.356 e. The maximum atomic E-state index is 13.1. The fourth-order valence-corrected chi connectivity index (χ4v) is 3.95. The number of nitrogens with zero attached hydrogens (tertiary/aromatic N) is 4. The first-order valence-electron chi connectivity index (χ1n) is 9.75. The van der Waals surface area contributed by atoms with Crippen LogP contribution in [-0.2, 0) is 11.8 Å². The van der Waals surface area contributed by atoms with Crippen molar-refractivity contribution in [1.82, 2.24) is 19.8 Å². The molecule has 0 aliphatic carbocycles. The predicted molar refractivity (Wildman–Crippen MR) is 101 cm³/mol. The molecule has 26 heavy (non-hydrogen) atoms. The molecule has 1 aliphatic rings. The molecule has 0 saturated carbocycles. The molecule has 0 N–H and O–H groups in total. The van der Waals surface area contributed by atoms with Crippen LogP contribution in [0.25, 0.3) is 11.3 Å². The second-order valence-electron chi connectivity index (χ2n) is 7.38. The van der Waals surface area contributed by atoms with Crippen molar-refractivity contribution in [3.05, 3.63) is 23.1 Å². The van der Waals surface area contributed by atoms with Crippen molar-refractivity contribution in [2.45, 2.75) is 65.8 Å². The Bertz CT molecular complexity index is 773. The molecule has 0 bridgehead atoms. The van der Waals surface area contributed by atoms with Crippen LogP contribution < -0.4 is 0 Å². The van der Waals surface area contributed by atoms with Crippen molar-refractivity contribution < 1.29 is 9.32 Å². The van der Waals surface area contributed by atoms with Gasteiger partial charge in [0, 0.05) is 31.3 Å². The number of hydrogen-bond donors (Lipinski definition) is 0. The summed E-state index contributed by atoms with van der Waals surface area (Å²) in [5, 5.41) is 8.84. The number of aromatic nitrogens is 3. The van der Waals surface area contributed by atoms with E-state index in [0.29, 0.717) is 0 Å². The molecule has 1 fully saturated rings. The topological polar surface area (TPSA) is 64.2 Å². The third-order valence-corrected chi connectivity index (χ3v) is 5.70. The molecule has 1 amide bonds. The molecular formula is C20H30N4O2. The number of carbonyl (C=O) groups excluding carboxylic acids is 1. The molecule has 1 saturated heterocycles. The zero-order chi connectivity index (χ0) is 18.8. The van der Waals surface area contributed by atoms with E-state index < -0.39 is 0 Å². The molecule has 6 nitrogen and oxygen atoms in total. The zero-order valence-corrected chi connectivity index (χ0v) is 16.6. The van der Waals surface area contributed by atoms with Crippen LogP contribution in [0.5, 0.6) is 0 Å². The van der Waals surface area contributed by atoms with Gasteiger partial charge in [0.05, 0.1) is 23.0 Å². The molecule has 1 atom stereocenters. The highest BCUT2D eigenvalue weighted by molar-refractivity contribution is 5.79. The predicted octanol–water partition coefficient (Wildman–Crippen LogP) is 4.18. The lowest BCUT2D eigenvalue weighted by Gasteiger charge is -2.37. The Morgan fingerprint density at radius 3 is 2.65 bits per heavy atom. The first kappa shape index (κ1) is 18.7. The Morgan fingerprint density at radius 1 is 1.31 bits per heavy atom. The van der Waals surface area contributed by atoms with Crippen LogP contribution in [0.2, 0.25) is 0 Å². The molecule has 2 aromatic heterocycles. The van der Waals surface area contributed by atoms with E-state index in [2.05, 4.69) is 23.9 Å². The van der Waals surface area contributed by atoms with E-state index in [1.54, 1.807) is 0 Å². The minimum absolute atomic E-state index is 0.0119. The van der Waals surface area contributed by atoms with E-state index in [1.807, 2.05) is 31.8 Å². The second kappa shape index (κ2) is 7.64. The zero-order valence-electron chi connectivity index (χ0n) is 16.6. The first-order valence-corrected chi connectivity index (χ1v) is 9.75. The standard InChI is InChI=1S/C20H30N4O2/c1-6-15(7-2)20(25)24-11-9-8-10-17(24)18-16(12-23(5)21-18)19-13(3)14(4)22-26-19/h12,15,17H,6-11H2,1-5H3/t17-/m1/s1. The summed E-state index contributed by atoms with van der Waals surface area (Å²) in [7, 11) is 1.92. The molecule has 142 valence electrons. The lowest BCUT2D eigenvalue weighted by Crippen LogP contribution is -2.42. The summed E-state index contributed by atoms with van der Waals surface area (Å²) < 4.78 is 7.42. The van der Waals surface area contributed by atoms with Gasteiger partial charge in [-0.2, -0.15) is 5.10 Å². The van der Waals surface area contributed by atoms with Crippen LogP contribution in [0.15, 0.2) is 10.7 Å². The van der Waals surface area contributed by atoms with E-state index in [-0.39, 0.29) is 17.9 Å². The molecule has 6 heteroatoms. The lowest BCUT2D eigenvalue weighted by atomic mass is 9.92. The maximum absolute atomic E-state index is 13.1. The van der Waals surface area contributed by atoms with Gasteiger partial charge in [-0.3, -0.25) is 9.48 Å². The van der Waals surface area contributed by atoms with Crippen molar-refractivity contribution in [2.75, 3.05) is 6.54 Å². The van der Waals surface area contributed by atoms with Crippen LogP contribution >= 0.6 is 0 Å². The summed E-state index contributed by atoms with van der Waals surface area (Å²) in [6, 6.07) is 0.0119. The monoisotopic (exact) mass is 358 g/mol. The average molecular weight is 358 g/mol. The highest BCUT2D eigenvalue weighted by Crippen LogP contribution is 2.38. The van der Waals surface area contributed by atoms with Gasteiger partial charge in [0.2, 0.25) is 5.91 Å². The van der Waals surface area contributed by atoms with Gasteiger partial charge in [0.1, 0.15) is 0 Å². The van der Waals surface area contributed by atoms with Crippen molar-refractivity contribution in [3.63, 3.8) is 0 Å². The molecule has 0 radical (unpaired) electrons. The normalized spacial score (nSPS) is 17.9. The van der Waals surface area contributed by atoms with Crippen LogP contribution in [0.3, 0.4) is 0 Å². The fourth-order valence-electron chi connectivity index (χ4n) is 3.95. The van der Waals surface area contributed by atoms with Crippen LogP contribution in [0.1, 0.15) is 68.9 Å². The molecule has 0 aromatic carbocycles. The number of aryl methyl sites for hydroxylation is 2. The SMILES string of the molecule is CCC(CC)C(=O)N1CCCC[C@@H]1c1nn(C)cc1-c1onc(C)c1C. The third-order valence-electron chi connectivity index (χ3n) is 5.70. The Hall–Kier alpha value is -2.11. The fraction of sp³-hybridized carbons (Fsp3) is 0.650. The number of hydrogen-bond acceptors (Lipinski definition) is 4.